The largest absolute Gasteiger partial charge is 0.475 e. The summed E-state index contributed by atoms with van der Waals surface area (Å²) in [6, 6.07) is 7.83. The van der Waals surface area contributed by atoms with Crippen LogP contribution in [0.5, 0.6) is 5.88 Å². The van der Waals surface area contributed by atoms with Crippen LogP contribution in [0.1, 0.15) is 23.2 Å². The lowest BCUT2D eigenvalue weighted by molar-refractivity contribution is 0.132. The Morgan fingerprint density at radius 1 is 1.38 bits per heavy atom. The van der Waals surface area contributed by atoms with Crippen molar-refractivity contribution >= 4 is 0 Å². The minimum atomic E-state index is 0.186. The highest BCUT2D eigenvalue weighted by molar-refractivity contribution is 5.11. The summed E-state index contributed by atoms with van der Waals surface area (Å²) in [5.74, 6) is 1.48. The van der Waals surface area contributed by atoms with Gasteiger partial charge in [-0.1, -0.05) is 11.2 Å². The summed E-state index contributed by atoms with van der Waals surface area (Å²) in [4.78, 5) is 10.8. The molecule has 0 bridgehead atoms. The third-order valence-corrected chi connectivity index (χ3v) is 4.12. The van der Waals surface area contributed by atoms with Crippen molar-refractivity contribution in [3.05, 3.63) is 60.1 Å². The molecule has 0 aliphatic carbocycles. The lowest BCUT2D eigenvalue weighted by Crippen LogP contribution is -2.39. The number of ether oxygens (including phenoxy) is 1. The molecule has 0 aromatic carbocycles. The number of rotatable bonds is 5. The van der Waals surface area contributed by atoms with Crippen molar-refractivity contribution in [2.75, 3.05) is 13.2 Å². The fourth-order valence-electron chi connectivity index (χ4n) is 3.05. The van der Waals surface area contributed by atoms with Crippen LogP contribution in [0.4, 0.5) is 0 Å². The normalized spacial score (nSPS) is 17.6. The van der Waals surface area contributed by atoms with Crippen LogP contribution in [-0.4, -0.2) is 37.7 Å². The number of aryl methyl sites for hydroxylation is 1. The first-order chi connectivity index (χ1) is 11.8. The molecular weight excluding hydrogens is 306 g/mol. The number of nitrogens with zero attached hydrogens (tertiary/aromatic N) is 5. The van der Waals surface area contributed by atoms with Gasteiger partial charge in [0, 0.05) is 44.2 Å². The van der Waals surface area contributed by atoms with Crippen LogP contribution in [0, 0.1) is 6.92 Å². The van der Waals surface area contributed by atoms with E-state index in [-0.39, 0.29) is 6.04 Å². The van der Waals surface area contributed by atoms with Crippen molar-refractivity contribution in [1.29, 1.82) is 0 Å². The maximum atomic E-state index is 5.85. The van der Waals surface area contributed by atoms with Crippen molar-refractivity contribution in [2.45, 2.75) is 26.1 Å². The van der Waals surface area contributed by atoms with Crippen LogP contribution in [0.2, 0.25) is 0 Å². The molecule has 4 rings (SSSR count). The van der Waals surface area contributed by atoms with Crippen molar-refractivity contribution in [3.8, 4) is 5.88 Å². The standard InChI is InChI=1S/C17H19N5O2/c1-13-6-14(20-24-13)8-21-9-15-7-18-12-22(15)16(10-21)11-23-17-4-2-3-5-19-17/h2-7,12,16H,8-11H2,1H3/t16-/m0/s1. The number of pyridine rings is 1. The van der Waals surface area contributed by atoms with Gasteiger partial charge in [0.25, 0.3) is 0 Å². The summed E-state index contributed by atoms with van der Waals surface area (Å²) >= 11 is 0. The summed E-state index contributed by atoms with van der Waals surface area (Å²) in [5.41, 5.74) is 2.13. The molecule has 24 heavy (non-hydrogen) atoms. The Labute approximate surface area is 139 Å². The zero-order chi connectivity index (χ0) is 16.4. The van der Waals surface area contributed by atoms with E-state index in [0.29, 0.717) is 12.5 Å². The molecule has 3 aromatic heterocycles. The van der Waals surface area contributed by atoms with Gasteiger partial charge in [0.05, 0.1) is 23.8 Å². The summed E-state index contributed by atoms with van der Waals surface area (Å²) in [7, 11) is 0. The van der Waals surface area contributed by atoms with Crippen LogP contribution < -0.4 is 4.74 Å². The average Bonchev–Trinajstić information content (AvgIpc) is 3.22. The number of aromatic nitrogens is 4. The molecule has 4 heterocycles. The molecule has 1 aliphatic rings. The Morgan fingerprint density at radius 2 is 2.33 bits per heavy atom. The molecule has 0 fully saturated rings. The molecule has 0 spiro atoms. The quantitative estimate of drug-likeness (QED) is 0.716. The highest BCUT2D eigenvalue weighted by Gasteiger charge is 2.26. The van der Waals surface area contributed by atoms with E-state index in [2.05, 4.69) is 24.6 Å². The number of hydrogen-bond donors (Lipinski definition) is 0. The molecule has 7 heteroatoms. The molecule has 124 valence electrons. The van der Waals surface area contributed by atoms with Crippen molar-refractivity contribution in [3.63, 3.8) is 0 Å². The minimum Gasteiger partial charge on any atom is -0.475 e. The second kappa shape index (κ2) is 6.45. The van der Waals surface area contributed by atoms with Gasteiger partial charge in [-0.3, -0.25) is 4.90 Å². The van der Waals surface area contributed by atoms with Gasteiger partial charge in [0.2, 0.25) is 5.88 Å². The van der Waals surface area contributed by atoms with Crippen molar-refractivity contribution in [2.24, 2.45) is 0 Å². The van der Waals surface area contributed by atoms with Gasteiger partial charge >= 0.3 is 0 Å². The zero-order valence-corrected chi connectivity index (χ0v) is 13.5. The highest BCUT2D eigenvalue weighted by atomic mass is 16.5. The summed E-state index contributed by atoms with van der Waals surface area (Å²) < 4.78 is 13.2. The van der Waals surface area contributed by atoms with E-state index in [0.717, 1.165) is 31.1 Å². The molecular formula is C17H19N5O2. The van der Waals surface area contributed by atoms with E-state index < -0.39 is 0 Å². The molecule has 0 N–H and O–H groups in total. The molecule has 3 aromatic rings. The van der Waals surface area contributed by atoms with E-state index in [1.165, 1.54) is 5.69 Å². The van der Waals surface area contributed by atoms with Gasteiger partial charge in [0.1, 0.15) is 12.4 Å². The maximum Gasteiger partial charge on any atom is 0.213 e. The second-order valence-electron chi connectivity index (χ2n) is 6.02. The van der Waals surface area contributed by atoms with E-state index in [4.69, 9.17) is 9.26 Å². The Morgan fingerprint density at radius 3 is 3.12 bits per heavy atom. The predicted molar refractivity (Wildman–Crippen MR) is 86.4 cm³/mol. The molecule has 0 amide bonds. The van der Waals surface area contributed by atoms with Gasteiger partial charge in [-0.05, 0) is 13.0 Å². The second-order valence-corrected chi connectivity index (χ2v) is 6.02. The van der Waals surface area contributed by atoms with Crippen molar-refractivity contribution < 1.29 is 9.26 Å². The van der Waals surface area contributed by atoms with Gasteiger partial charge in [-0.25, -0.2) is 9.97 Å². The monoisotopic (exact) mass is 325 g/mol. The van der Waals surface area contributed by atoms with Crippen LogP contribution in [0.3, 0.4) is 0 Å². The number of fused-ring (bicyclic) bond motifs is 1. The lowest BCUT2D eigenvalue weighted by Gasteiger charge is -2.33. The molecule has 0 radical (unpaired) electrons. The zero-order valence-electron chi connectivity index (χ0n) is 13.5. The molecule has 0 saturated carbocycles. The fourth-order valence-corrected chi connectivity index (χ4v) is 3.05. The third kappa shape index (κ3) is 3.16. The lowest BCUT2D eigenvalue weighted by atomic mass is 10.2. The molecule has 1 atom stereocenters. The highest BCUT2D eigenvalue weighted by Crippen LogP contribution is 2.23. The molecule has 1 aliphatic heterocycles. The third-order valence-electron chi connectivity index (χ3n) is 4.12. The Hall–Kier alpha value is -2.67. The van der Waals surface area contributed by atoms with E-state index in [1.54, 1.807) is 6.20 Å². The predicted octanol–water partition coefficient (Wildman–Crippen LogP) is 2.21. The van der Waals surface area contributed by atoms with Crippen LogP contribution in [0.25, 0.3) is 0 Å². The van der Waals surface area contributed by atoms with Gasteiger partial charge in [-0.15, -0.1) is 0 Å². The first-order valence-electron chi connectivity index (χ1n) is 7.97. The van der Waals surface area contributed by atoms with Gasteiger partial charge in [0.15, 0.2) is 0 Å². The first kappa shape index (κ1) is 14.9. The Kier molecular flexibility index (Phi) is 4.00. The van der Waals surface area contributed by atoms with Gasteiger partial charge < -0.3 is 13.8 Å². The topological polar surface area (TPSA) is 69.2 Å². The van der Waals surface area contributed by atoms with Crippen LogP contribution in [0.15, 0.2) is 47.5 Å². The molecule has 0 saturated heterocycles. The summed E-state index contributed by atoms with van der Waals surface area (Å²) in [6.45, 7) is 4.91. The van der Waals surface area contributed by atoms with Crippen LogP contribution >= 0.6 is 0 Å². The Balaban J connectivity index is 1.46. The van der Waals surface area contributed by atoms with Crippen molar-refractivity contribution in [1.82, 2.24) is 24.6 Å². The van der Waals surface area contributed by atoms with Gasteiger partial charge in [-0.2, -0.15) is 0 Å². The first-order valence-corrected chi connectivity index (χ1v) is 7.97. The average molecular weight is 325 g/mol. The van der Waals surface area contributed by atoms with Crippen LogP contribution in [-0.2, 0) is 13.1 Å². The van der Waals surface area contributed by atoms with E-state index in [1.807, 2.05) is 43.7 Å². The van der Waals surface area contributed by atoms with E-state index in [9.17, 15) is 0 Å². The molecule has 0 unspecified atom stereocenters. The molecule has 7 nitrogen and oxygen atoms in total. The smallest absolute Gasteiger partial charge is 0.213 e. The maximum absolute atomic E-state index is 5.85. The fraction of sp³-hybridized carbons (Fsp3) is 0.353. The summed E-state index contributed by atoms with van der Waals surface area (Å²) in [5, 5.41) is 4.09. The number of hydrogen-bond acceptors (Lipinski definition) is 6. The Bertz CT molecular complexity index is 798. The SMILES string of the molecule is Cc1cc(CN2Cc3cncn3[C@H](COc3ccccn3)C2)no1. The summed E-state index contributed by atoms with van der Waals surface area (Å²) in [6.07, 6.45) is 5.52. The number of imidazole rings is 1. The van der Waals surface area contributed by atoms with E-state index >= 15 is 0 Å². The minimum absolute atomic E-state index is 0.186.